The molecule has 0 amide bonds. The number of aryl methyl sites for hydroxylation is 1. The Labute approximate surface area is 178 Å². The number of hydrogen-bond acceptors (Lipinski definition) is 7. The zero-order valence-corrected chi connectivity index (χ0v) is 17.9. The zero-order valence-electron chi connectivity index (χ0n) is 17.1. The van der Waals surface area contributed by atoms with E-state index in [-0.39, 0.29) is 5.56 Å². The molecule has 0 unspecified atom stereocenters. The zero-order chi connectivity index (χ0) is 21.3. The molecule has 2 heterocycles. The summed E-state index contributed by atoms with van der Waals surface area (Å²) in [6.07, 6.45) is 2.08. The number of rotatable bonds is 8. The monoisotopic (exact) mass is 427 g/mol. The van der Waals surface area contributed by atoms with Crippen LogP contribution in [0, 0.1) is 0 Å². The van der Waals surface area contributed by atoms with Crippen molar-refractivity contribution in [1.29, 1.82) is 0 Å². The molecule has 158 valence electrons. The molecule has 0 saturated heterocycles. The van der Waals surface area contributed by atoms with Crippen molar-refractivity contribution in [2.75, 3.05) is 13.7 Å². The molecule has 0 spiro atoms. The highest BCUT2D eigenvalue weighted by molar-refractivity contribution is 7.20. The number of thiophene rings is 1. The topological polar surface area (TPSA) is 95.5 Å². The van der Waals surface area contributed by atoms with E-state index < -0.39 is 12.1 Å². The second-order valence-corrected chi connectivity index (χ2v) is 8.53. The van der Waals surface area contributed by atoms with Crippen molar-refractivity contribution >= 4 is 27.5 Å². The van der Waals surface area contributed by atoms with Crippen LogP contribution < -0.4 is 5.56 Å². The van der Waals surface area contributed by atoms with E-state index >= 15 is 0 Å². The summed E-state index contributed by atoms with van der Waals surface area (Å²) in [6, 6.07) is 9.95. The molecule has 1 saturated carbocycles. The SMILES string of the molecule is CCc1c(C(=O)OC)sc2nc(CN(C[C@H](O)c3ccccc3)C3CC3)[nH]c(=O)c12. The first kappa shape index (κ1) is 20.7. The molecule has 3 aromatic rings. The third-order valence-electron chi connectivity index (χ3n) is 5.44. The van der Waals surface area contributed by atoms with Gasteiger partial charge < -0.3 is 14.8 Å². The van der Waals surface area contributed by atoms with Crippen LogP contribution >= 0.6 is 11.3 Å². The van der Waals surface area contributed by atoms with Crippen LogP contribution in [0.1, 0.15) is 52.5 Å². The lowest BCUT2D eigenvalue weighted by atomic mass is 10.1. The van der Waals surface area contributed by atoms with E-state index in [1.54, 1.807) is 0 Å². The maximum atomic E-state index is 12.8. The number of fused-ring (bicyclic) bond motifs is 1. The van der Waals surface area contributed by atoms with Crippen molar-refractivity contribution in [2.24, 2.45) is 0 Å². The molecule has 2 aromatic heterocycles. The molecule has 0 aliphatic heterocycles. The third kappa shape index (κ3) is 4.16. The molecule has 8 heteroatoms. The molecule has 1 atom stereocenters. The lowest BCUT2D eigenvalue weighted by Crippen LogP contribution is -2.32. The summed E-state index contributed by atoms with van der Waals surface area (Å²) in [5.41, 5.74) is 1.31. The molecule has 0 radical (unpaired) electrons. The highest BCUT2D eigenvalue weighted by Gasteiger charge is 2.31. The minimum atomic E-state index is -0.610. The number of benzene rings is 1. The smallest absolute Gasteiger partial charge is 0.348 e. The minimum absolute atomic E-state index is 0.238. The number of nitrogens with zero attached hydrogens (tertiary/aromatic N) is 2. The van der Waals surface area contributed by atoms with Crippen LogP contribution in [0.3, 0.4) is 0 Å². The number of aliphatic hydroxyl groups is 1. The van der Waals surface area contributed by atoms with Gasteiger partial charge in [0.05, 0.1) is 25.1 Å². The number of carbonyl (C=O) groups excluding carboxylic acids is 1. The Morgan fingerprint density at radius 3 is 2.73 bits per heavy atom. The second-order valence-electron chi connectivity index (χ2n) is 7.53. The summed E-state index contributed by atoms with van der Waals surface area (Å²) in [5.74, 6) is 0.0985. The van der Waals surface area contributed by atoms with Crippen molar-refractivity contribution < 1.29 is 14.6 Å². The van der Waals surface area contributed by atoms with E-state index in [2.05, 4.69) is 14.9 Å². The number of aromatic nitrogens is 2. The van der Waals surface area contributed by atoms with E-state index in [9.17, 15) is 14.7 Å². The van der Waals surface area contributed by atoms with Crippen LogP contribution in [0.4, 0.5) is 0 Å². The first-order valence-electron chi connectivity index (χ1n) is 10.1. The van der Waals surface area contributed by atoms with E-state index in [4.69, 9.17) is 4.74 Å². The van der Waals surface area contributed by atoms with Gasteiger partial charge in [0, 0.05) is 12.6 Å². The predicted molar refractivity (Wildman–Crippen MR) is 116 cm³/mol. The molecular formula is C22H25N3O4S. The molecule has 1 aromatic carbocycles. The largest absolute Gasteiger partial charge is 0.465 e. The molecule has 1 aliphatic rings. The number of aromatic amines is 1. The van der Waals surface area contributed by atoms with Gasteiger partial charge in [-0.05, 0) is 30.4 Å². The van der Waals surface area contributed by atoms with Crippen molar-refractivity contribution in [3.05, 3.63) is 62.5 Å². The van der Waals surface area contributed by atoms with Gasteiger partial charge in [-0.25, -0.2) is 9.78 Å². The van der Waals surface area contributed by atoms with Crippen molar-refractivity contribution in [3.8, 4) is 0 Å². The highest BCUT2D eigenvalue weighted by Crippen LogP contribution is 2.31. The molecule has 0 bridgehead atoms. The van der Waals surface area contributed by atoms with Gasteiger partial charge in [0.1, 0.15) is 15.5 Å². The average Bonchev–Trinajstić information content (AvgIpc) is 3.53. The van der Waals surface area contributed by atoms with Gasteiger partial charge >= 0.3 is 5.97 Å². The van der Waals surface area contributed by atoms with E-state index in [1.807, 2.05) is 37.3 Å². The van der Waals surface area contributed by atoms with Gasteiger partial charge in [0.2, 0.25) is 0 Å². The standard InChI is InChI=1S/C22H25N3O4S/c1-3-15-18-20(27)23-17(24-21(18)30-19(15)22(28)29-2)12-25(14-9-10-14)11-16(26)13-7-5-4-6-8-13/h4-8,14,16,26H,3,9-12H2,1-2H3,(H,23,24,27)/t16-/m0/s1. The summed E-state index contributed by atoms with van der Waals surface area (Å²) in [6.45, 7) is 2.81. The normalized spacial score (nSPS) is 14.9. The van der Waals surface area contributed by atoms with Gasteiger partial charge in [-0.3, -0.25) is 9.69 Å². The maximum Gasteiger partial charge on any atom is 0.348 e. The summed E-state index contributed by atoms with van der Waals surface area (Å²) in [5, 5.41) is 11.1. The van der Waals surface area contributed by atoms with Crippen LogP contribution in [-0.4, -0.2) is 45.6 Å². The molecule has 4 rings (SSSR count). The number of carbonyl (C=O) groups is 1. The Kier molecular flexibility index (Phi) is 5.99. The number of ether oxygens (including phenoxy) is 1. The number of methoxy groups -OCH3 is 1. The first-order chi connectivity index (χ1) is 14.5. The number of nitrogens with one attached hydrogen (secondary N) is 1. The van der Waals surface area contributed by atoms with Gasteiger partial charge in [-0.2, -0.15) is 0 Å². The number of aliphatic hydroxyl groups excluding tert-OH is 1. The maximum absolute atomic E-state index is 12.8. The molecule has 1 fully saturated rings. The number of hydrogen-bond donors (Lipinski definition) is 2. The summed E-state index contributed by atoms with van der Waals surface area (Å²) >= 11 is 1.20. The number of H-pyrrole nitrogens is 1. The first-order valence-corrected chi connectivity index (χ1v) is 10.9. The summed E-state index contributed by atoms with van der Waals surface area (Å²) < 4.78 is 4.86. The third-order valence-corrected chi connectivity index (χ3v) is 6.55. The molecule has 30 heavy (non-hydrogen) atoms. The highest BCUT2D eigenvalue weighted by atomic mass is 32.1. The molecular weight excluding hydrogens is 402 g/mol. The van der Waals surface area contributed by atoms with Crippen LogP contribution in [-0.2, 0) is 17.7 Å². The Morgan fingerprint density at radius 2 is 2.10 bits per heavy atom. The van der Waals surface area contributed by atoms with Crippen LogP contribution in [0.25, 0.3) is 10.2 Å². The Hall–Kier alpha value is -2.55. The lowest BCUT2D eigenvalue weighted by molar-refractivity contribution is 0.0605. The fourth-order valence-corrected chi connectivity index (χ4v) is 4.96. The van der Waals surface area contributed by atoms with Crippen LogP contribution in [0.2, 0.25) is 0 Å². The van der Waals surface area contributed by atoms with E-state index in [0.29, 0.717) is 52.0 Å². The number of esters is 1. The van der Waals surface area contributed by atoms with E-state index in [1.165, 1.54) is 18.4 Å². The fourth-order valence-electron chi connectivity index (χ4n) is 3.76. The van der Waals surface area contributed by atoms with E-state index in [0.717, 1.165) is 18.4 Å². The summed E-state index contributed by atoms with van der Waals surface area (Å²) in [4.78, 5) is 35.6. The fraction of sp³-hybridized carbons (Fsp3) is 0.409. The second kappa shape index (κ2) is 8.67. The van der Waals surface area contributed by atoms with Gasteiger partial charge in [-0.1, -0.05) is 37.3 Å². The van der Waals surface area contributed by atoms with Crippen molar-refractivity contribution in [3.63, 3.8) is 0 Å². The molecule has 7 nitrogen and oxygen atoms in total. The van der Waals surface area contributed by atoms with Crippen LogP contribution in [0.5, 0.6) is 0 Å². The van der Waals surface area contributed by atoms with Crippen molar-refractivity contribution in [2.45, 2.75) is 44.9 Å². The Morgan fingerprint density at radius 1 is 1.37 bits per heavy atom. The quantitative estimate of drug-likeness (QED) is 0.537. The Balaban J connectivity index is 1.62. The van der Waals surface area contributed by atoms with Gasteiger partial charge in [0.15, 0.2) is 0 Å². The molecule has 1 aliphatic carbocycles. The predicted octanol–water partition coefficient (Wildman–Crippen LogP) is 3.03. The van der Waals surface area contributed by atoms with Gasteiger partial charge in [0.25, 0.3) is 5.56 Å². The minimum Gasteiger partial charge on any atom is -0.465 e. The Bertz CT molecular complexity index is 1100. The summed E-state index contributed by atoms with van der Waals surface area (Å²) in [7, 11) is 1.33. The van der Waals surface area contributed by atoms with Crippen molar-refractivity contribution in [1.82, 2.24) is 14.9 Å². The lowest BCUT2D eigenvalue weighted by Gasteiger charge is -2.24. The van der Waals surface area contributed by atoms with Crippen LogP contribution in [0.15, 0.2) is 35.1 Å². The average molecular weight is 428 g/mol. The molecule has 2 N–H and O–H groups in total. The van der Waals surface area contributed by atoms with Gasteiger partial charge in [-0.15, -0.1) is 11.3 Å².